The zero-order valence-corrected chi connectivity index (χ0v) is 13.3. The Balaban J connectivity index is 1.53. The van der Waals surface area contributed by atoms with Crippen molar-refractivity contribution in [3.05, 3.63) is 29.3 Å². The van der Waals surface area contributed by atoms with Crippen molar-refractivity contribution >= 4 is 11.7 Å². The Hall–Kier alpha value is -1.59. The highest BCUT2D eigenvalue weighted by atomic mass is 16.5. The summed E-state index contributed by atoms with van der Waals surface area (Å²) in [4.78, 5) is 14.3. The molecule has 2 aliphatic heterocycles. The van der Waals surface area contributed by atoms with Gasteiger partial charge in [-0.2, -0.15) is 0 Å². The first-order valence-electron chi connectivity index (χ1n) is 8.00. The minimum absolute atomic E-state index is 0.0121. The molecule has 22 heavy (non-hydrogen) atoms. The van der Waals surface area contributed by atoms with Gasteiger partial charge < -0.3 is 14.8 Å². The summed E-state index contributed by atoms with van der Waals surface area (Å²) >= 11 is 0. The predicted octanol–water partition coefficient (Wildman–Crippen LogP) is 2.26. The maximum atomic E-state index is 12.5. The van der Waals surface area contributed by atoms with Crippen LogP contribution in [0.3, 0.4) is 0 Å². The number of hydrogen-bond acceptors (Lipinski definition) is 3. The van der Waals surface area contributed by atoms with E-state index in [4.69, 9.17) is 9.47 Å². The molecular formula is C17H24N2O3. The lowest BCUT2D eigenvalue weighted by atomic mass is 10.1. The van der Waals surface area contributed by atoms with E-state index in [0.29, 0.717) is 13.2 Å². The lowest BCUT2D eigenvalue weighted by Crippen LogP contribution is -2.45. The molecule has 0 aliphatic carbocycles. The highest BCUT2D eigenvalue weighted by Gasteiger charge is 2.26. The van der Waals surface area contributed by atoms with Gasteiger partial charge in [-0.15, -0.1) is 0 Å². The van der Waals surface area contributed by atoms with Crippen molar-refractivity contribution in [2.24, 2.45) is 0 Å². The van der Waals surface area contributed by atoms with Gasteiger partial charge in [-0.3, -0.25) is 4.90 Å². The maximum Gasteiger partial charge on any atom is 0.322 e. The molecule has 3 rings (SSSR count). The van der Waals surface area contributed by atoms with Crippen LogP contribution in [0.25, 0.3) is 0 Å². The van der Waals surface area contributed by atoms with Crippen LogP contribution >= 0.6 is 0 Å². The van der Waals surface area contributed by atoms with Gasteiger partial charge in [-0.1, -0.05) is 12.1 Å². The van der Waals surface area contributed by atoms with Crippen LogP contribution in [0.15, 0.2) is 18.2 Å². The lowest BCUT2D eigenvalue weighted by Gasteiger charge is -2.22. The van der Waals surface area contributed by atoms with Crippen LogP contribution in [0.4, 0.5) is 10.5 Å². The molecule has 5 heteroatoms. The average molecular weight is 304 g/mol. The Kier molecular flexibility index (Phi) is 4.64. The van der Waals surface area contributed by atoms with E-state index >= 15 is 0 Å². The van der Waals surface area contributed by atoms with Crippen molar-refractivity contribution in [2.75, 3.05) is 31.3 Å². The van der Waals surface area contributed by atoms with Gasteiger partial charge in [0.05, 0.1) is 25.4 Å². The summed E-state index contributed by atoms with van der Waals surface area (Å²) in [5, 5.41) is 3.03. The molecule has 2 aliphatic rings. The zero-order valence-electron chi connectivity index (χ0n) is 13.3. The second kappa shape index (κ2) is 6.67. The Bertz CT molecular complexity index is 541. The fourth-order valence-electron chi connectivity index (χ4n) is 2.96. The van der Waals surface area contributed by atoms with Crippen molar-refractivity contribution < 1.29 is 14.3 Å². The molecule has 1 aromatic rings. The standard InChI is InChI=1S/C17H24N2O3/c1-12-3-4-14-5-7-19(16(14)9-12)17(20)18-13(2)10-22-15-6-8-21-11-15/h3-4,9,13,15H,5-8,10-11H2,1-2H3,(H,18,20)/t13-,15-/m0/s1. The van der Waals surface area contributed by atoms with Crippen LogP contribution in [-0.4, -0.2) is 44.5 Å². The van der Waals surface area contributed by atoms with Gasteiger partial charge in [0.1, 0.15) is 0 Å². The molecule has 1 saturated heterocycles. The Morgan fingerprint density at radius 2 is 2.41 bits per heavy atom. The second-order valence-corrected chi connectivity index (χ2v) is 6.20. The normalized spacial score (nSPS) is 21.7. The van der Waals surface area contributed by atoms with Crippen molar-refractivity contribution in [3.8, 4) is 0 Å². The highest BCUT2D eigenvalue weighted by Crippen LogP contribution is 2.28. The first-order valence-corrected chi connectivity index (χ1v) is 8.00. The summed E-state index contributed by atoms with van der Waals surface area (Å²) in [6.07, 6.45) is 2.04. The minimum Gasteiger partial charge on any atom is -0.379 e. The largest absolute Gasteiger partial charge is 0.379 e. The monoisotopic (exact) mass is 304 g/mol. The number of ether oxygens (including phenoxy) is 2. The molecule has 0 saturated carbocycles. The number of fused-ring (bicyclic) bond motifs is 1. The third-order valence-electron chi connectivity index (χ3n) is 4.22. The van der Waals surface area contributed by atoms with E-state index in [1.54, 1.807) is 0 Å². The topological polar surface area (TPSA) is 50.8 Å². The second-order valence-electron chi connectivity index (χ2n) is 6.20. The van der Waals surface area contributed by atoms with Crippen LogP contribution in [0.5, 0.6) is 0 Å². The molecule has 0 unspecified atom stereocenters. The van der Waals surface area contributed by atoms with Gasteiger partial charge in [0.25, 0.3) is 0 Å². The number of anilines is 1. The highest BCUT2D eigenvalue weighted by molar-refractivity contribution is 5.94. The molecule has 0 bridgehead atoms. The molecule has 2 heterocycles. The number of nitrogens with zero attached hydrogens (tertiary/aromatic N) is 1. The van der Waals surface area contributed by atoms with Crippen molar-refractivity contribution in [2.45, 2.75) is 38.8 Å². The van der Waals surface area contributed by atoms with Crippen LogP contribution in [0, 0.1) is 6.92 Å². The van der Waals surface area contributed by atoms with Crippen molar-refractivity contribution in [1.29, 1.82) is 0 Å². The van der Waals surface area contributed by atoms with Crippen LogP contribution in [-0.2, 0) is 15.9 Å². The summed E-state index contributed by atoms with van der Waals surface area (Å²) in [7, 11) is 0. The van der Waals surface area contributed by atoms with E-state index in [1.807, 2.05) is 11.8 Å². The molecule has 0 radical (unpaired) electrons. The summed E-state index contributed by atoms with van der Waals surface area (Å²) in [6, 6.07) is 6.24. The number of carbonyl (C=O) groups excluding carboxylic acids is 1. The molecule has 120 valence electrons. The van der Waals surface area contributed by atoms with Gasteiger partial charge in [-0.05, 0) is 43.9 Å². The molecule has 0 spiro atoms. The van der Waals surface area contributed by atoms with Crippen LogP contribution in [0.2, 0.25) is 0 Å². The number of hydrogen-bond donors (Lipinski definition) is 1. The molecule has 1 N–H and O–H groups in total. The predicted molar refractivity (Wildman–Crippen MR) is 85.4 cm³/mol. The molecule has 1 fully saturated rings. The Morgan fingerprint density at radius 1 is 1.55 bits per heavy atom. The van der Waals surface area contributed by atoms with E-state index in [0.717, 1.165) is 31.7 Å². The van der Waals surface area contributed by atoms with Crippen molar-refractivity contribution in [3.63, 3.8) is 0 Å². The average Bonchev–Trinajstić information content (AvgIpc) is 3.14. The first-order chi connectivity index (χ1) is 10.6. The number of benzene rings is 1. The Labute approximate surface area is 131 Å². The number of carbonyl (C=O) groups is 1. The summed E-state index contributed by atoms with van der Waals surface area (Å²) < 4.78 is 11.0. The van der Waals surface area contributed by atoms with E-state index < -0.39 is 0 Å². The smallest absolute Gasteiger partial charge is 0.322 e. The molecule has 2 amide bonds. The molecule has 2 atom stereocenters. The zero-order chi connectivity index (χ0) is 15.5. The lowest BCUT2D eigenvalue weighted by molar-refractivity contribution is 0.0339. The van der Waals surface area contributed by atoms with E-state index in [-0.39, 0.29) is 18.2 Å². The van der Waals surface area contributed by atoms with Crippen molar-refractivity contribution in [1.82, 2.24) is 5.32 Å². The molecular weight excluding hydrogens is 280 g/mol. The quantitative estimate of drug-likeness (QED) is 0.928. The summed E-state index contributed by atoms with van der Waals surface area (Å²) in [5.74, 6) is 0. The van der Waals surface area contributed by atoms with Gasteiger partial charge in [0, 0.05) is 18.8 Å². The number of nitrogens with one attached hydrogen (secondary N) is 1. The molecule has 0 aromatic heterocycles. The van der Waals surface area contributed by atoms with Crippen LogP contribution in [0.1, 0.15) is 24.5 Å². The van der Waals surface area contributed by atoms with E-state index in [2.05, 4.69) is 30.4 Å². The summed E-state index contributed by atoms with van der Waals surface area (Å²) in [5.41, 5.74) is 3.46. The number of rotatable bonds is 4. The third-order valence-corrected chi connectivity index (χ3v) is 4.22. The number of aryl methyl sites for hydroxylation is 1. The van der Waals surface area contributed by atoms with Gasteiger partial charge >= 0.3 is 6.03 Å². The maximum absolute atomic E-state index is 12.5. The minimum atomic E-state index is -0.0388. The molecule has 5 nitrogen and oxygen atoms in total. The van der Waals surface area contributed by atoms with E-state index in [9.17, 15) is 4.79 Å². The fraction of sp³-hybridized carbons (Fsp3) is 0.588. The fourth-order valence-corrected chi connectivity index (χ4v) is 2.96. The van der Waals surface area contributed by atoms with E-state index in [1.165, 1.54) is 11.1 Å². The summed E-state index contributed by atoms with van der Waals surface area (Å²) in [6.45, 7) is 6.73. The third kappa shape index (κ3) is 3.42. The first kappa shape index (κ1) is 15.3. The Morgan fingerprint density at radius 3 is 3.18 bits per heavy atom. The SMILES string of the molecule is Cc1ccc2c(c1)N(C(=O)N[C@@H](C)CO[C@H]1CCOC1)CC2. The number of urea groups is 1. The number of amides is 2. The van der Waals surface area contributed by atoms with Crippen LogP contribution < -0.4 is 10.2 Å². The van der Waals surface area contributed by atoms with Gasteiger partial charge in [0.15, 0.2) is 0 Å². The van der Waals surface area contributed by atoms with Gasteiger partial charge in [-0.25, -0.2) is 4.79 Å². The molecule has 1 aromatic carbocycles. The van der Waals surface area contributed by atoms with Gasteiger partial charge in [0.2, 0.25) is 0 Å².